The second-order valence-corrected chi connectivity index (χ2v) is 5.35. The van der Waals surface area contributed by atoms with Crippen LogP contribution in [0.15, 0.2) is 45.4 Å². The molecule has 2 rings (SSSR count). The standard InChI is InChI=1S/C8H10Se2.C5H5.Co/c9-7-5-3-1-2-4-6-8(7)10;1-2-4-5-3-1;/h3,5H,1-2,4,6H2;1-5H;/b5-3-,8-7-;;. The minimum absolute atomic E-state index is 0. The average Bonchev–Trinajstić information content (AvgIpc) is 2.78. The van der Waals surface area contributed by atoms with E-state index in [0.717, 1.165) is 0 Å². The molecule has 0 aromatic carbocycles. The van der Waals surface area contributed by atoms with E-state index in [1.807, 2.05) is 30.7 Å². The molecule has 0 saturated heterocycles. The van der Waals surface area contributed by atoms with Gasteiger partial charge in [-0.1, -0.05) is 24.3 Å². The van der Waals surface area contributed by atoms with Crippen LogP contribution in [0.3, 0.4) is 0 Å². The summed E-state index contributed by atoms with van der Waals surface area (Å²) in [6, 6.07) is 0. The number of rotatable bonds is 0. The molecular formula is C13H15CoSe2. The first-order chi connectivity index (χ1) is 7.30. The van der Waals surface area contributed by atoms with Crippen LogP contribution in [0.25, 0.3) is 0 Å². The van der Waals surface area contributed by atoms with E-state index < -0.39 is 0 Å². The average molecular weight is 388 g/mol. The Bertz CT molecular complexity index is 291. The molecule has 0 aromatic rings. The summed E-state index contributed by atoms with van der Waals surface area (Å²) in [5.74, 6) is 0. The zero-order valence-electron chi connectivity index (χ0n) is 9.02. The topological polar surface area (TPSA) is 0 Å². The van der Waals surface area contributed by atoms with Crippen LogP contribution in [0.2, 0.25) is 0 Å². The van der Waals surface area contributed by atoms with Gasteiger partial charge < -0.3 is 0 Å². The van der Waals surface area contributed by atoms with Gasteiger partial charge in [0.25, 0.3) is 0 Å². The second-order valence-electron chi connectivity index (χ2n) is 3.40. The van der Waals surface area contributed by atoms with Gasteiger partial charge in [0.15, 0.2) is 0 Å². The summed E-state index contributed by atoms with van der Waals surface area (Å²) < 4.78 is 2.68. The second kappa shape index (κ2) is 10.6. The molecule has 0 amide bonds. The van der Waals surface area contributed by atoms with E-state index in [2.05, 4.69) is 44.2 Å². The molecule has 0 bridgehead atoms. The fourth-order valence-corrected chi connectivity index (χ4v) is 2.14. The Morgan fingerprint density at radius 1 is 0.938 bits per heavy atom. The molecule has 0 aromatic heterocycles. The monoisotopic (exact) mass is 390 g/mol. The van der Waals surface area contributed by atoms with Gasteiger partial charge >= 0.3 is 78.8 Å². The van der Waals surface area contributed by atoms with Crippen LogP contribution in [0.4, 0.5) is 0 Å². The Morgan fingerprint density at radius 2 is 1.62 bits per heavy atom. The molecule has 88 valence electrons. The van der Waals surface area contributed by atoms with Crippen molar-refractivity contribution in [2.24, 2.45) is 0 Å². The van der Waals surface area contributed by atoms with Crippen molar-refractivity contribution in [3.8, 4) is 0 Å². The van der Waals surface area contributed by atoms with E-state index in [1.165, 1.54) is 34.6 Å². The van der Waals surface area contributed by atoms with Crippen LogP contribution in [0.5, 0.6) is 0 Å². The third kappa shape index (κ3) is 7.73. The third-order valence-electron chi connectivity index (χ3n) is 2.12. The molecule has 0 aliphatic heterocycles. The molecule has 4 radical (unpaired) electrons. The molecule has 0 fully saturated rings. The summed E-state index contributed by atoms with van der Waals surface area (Å²) in [5.41, 5.74) is 0. The molecule has 2 aliphatic rings. The first kappa shape index (κ1) is 16.5. The molecule has 0 saturated carbocycles. The quantitative estimate of drug-likeness (QED) is 0.560. The molecule has 0 heterocycles. The minimum atomic E-state index is 0. The summed E-state index contributed by atoms with van der Waals surface area (Å²) in [6.45, 7) is 0. The molecule has 0 atom stereocenters. The zero-order valence-corrected chi connectivity index (χ0v) is 13.5. The van der Waals surface area contributed by atoms with Crippen LogP contribution in [0.1, 0.15) is 25.7 Å². The van der Waals surface area contributed by atoms with Crippen molar-refractivity contribution < 1.29 is 16.8 Å². The Hall–Kier alpha value is 0.505. The van der Waals surface area contributed by atoms with Crippen molar-refractivity contribution >= 4 is 32.0 Å². The van der Waals surface area contributed by atoms with E-state index in [-0.39, 0.29) is 16.8 Å². The van der Waals surface area contributed by atoms with E-state index in [0.29, 0.717) is 0 Å². The maximum absolute atomic E-state index is 3.09. The van der Waals surface area contributed by atoms with Crippen molar-refractivity contribution in [3.05, 3.63) is 51.8 Å². The van der Waals surface area contributed by atoms with Gasteiger partial charge in [-0.25, -0.2) is 0 Å². The van der Waals surface area contributed by atoms with Crippen LogP contribution < -0.4 is 0 Å². The summed E-state index contributed by atoms with van der Waals surface area (Å²) in [5, 5.41) is 0. The maximum atomic E-state index is 3.09. The van der Waals surface area contributed by atoms with Crippen molar-refractivity contribution in [1.29, 1.82) is 0 Å². The Kier molecular flexibility index (Phi) is 11.0. The Balaban J connectivity index is 0.000000318. The normalized spacial score (nSPS) is 24.8. The van der Waals surface area contributed by atoms with Crippen molar-refractivity contribution in [2.45, 2.75) is 25.7 Å². The van der Waals surface area contributed by atoms with E-state index in [1.54, 1.807) is 0 Å². The molecule has 2 aliphatic carbocycles. The van der Waals surface area contributed by atoms with Crippen LogP contribution in [-0.2, 0) is 16.8 Å². The van der Waals surface area contributed by atoms with Crippen LogP contribution in [0, 0.1) is 6.42 Å². The fraction of sp³-hybridized carbons (Fsp3) is 0.308. The number of hydrogen-bond acceptors (Lipinski definition) is 0. The van der Waals surface area contributed by atoms with Gasteiger partial charge in [0.05, 0.1) is 0 Å². The SMILES string of the molecule is [CH]1C=CC=C1.[Co].[Se]C1=C(\[Se])CCCC/C=C\1. The Labute approximate surface area is 126 Å². The van der Waals surface area contributed by atoms with Crippen molar-refractivity contribution in [2.75, 3.05) is 0 Å². The van der Waals surface area contributed by atoms with Crippen molar-refractivity contribution in [3.63, 3.8) is 0 Å². The molecule has 0 nitrogen and oxygen atoms in total. The Morgan fingerprint density at radius 3 is 2.19 bits per heavy atom. The first-order valence-corrected chi connectivity index (χ1v) is 6.92. The van der Waals surface area contributed by atoms with E-state index in [9.17, 15) is 0 Å². The summed E-state index contributed by atoms with van der Waals surface area (Å²) >= 11 is 6.15. The van der Waals surface area contributed by atoms with Gasteiger partial charge in [0.1, 0.15) is 0 Å². The molecule has 16 heavy (non-hydrogen) atoms. The summed E-state index contributed by atoms with van der Waals surface area (Å²) in [7, 11) is 0. The van der Waals surface area contributed by atoms with Gasteiger partial charge in [-0.05, 0) is 0 Å². The van der Waals surface area contributed by atoms with Gasteiger partial charge in [0, 0.05) is 23.2 Å². The van der Waals surface area contributed by atoms with Gasteiger partial charge in [0.2, 0.25) is 0 Å². The van der Waals surface area contributed by atoms with Crippen LogP contribution in [-0.4, -0.2) is 32.0 Å². The zero-order chi connectivity index (χ0) is 10.9. The van der Waals surface area contributed by atoms with Gasteiger partial charge in [-0.15, -0.1) is 0 Å². The molecule has 3 heteroatoms. The van der Waals surface area contributed by atoms with Gasteiger partial charge in [-0.2, -0.15) is 0 Å². The first-order valence-electron chi connectivity index (χ1n) is 5.21. The molecule has 0 N–H and O–H groups in total. The fourth-order valence-electron chi connectivity index (χ4n) is 1.28. The predicted octanol–water partition coefficient (Wildman–Crippen LogP) is 2.98. The van der Waals surface area contributed by atoms with E-state index >= 15 is 0 Å². The summed E-state index contributed by atoms with van der Waals surface area (Å²) in [4.78, 5) is 0. The molecule has 0 unspecified atom stereocenters. The predicted molar refractivity (Wildman–Crippen MR) is 68.7 cm³/mol. The van der Waals surface area contributed by atoms with Gasteiger partial charge in [-0.3, -0.25) is 0 Å². The van der Waals surface area contributed by atoms with Crippen LogP contribution >= 0.6 is 0 Å². The van der Waals surface area contributed by atoms with E-state index in [4.69, 9.17) is 0 Å². The summed E-state index contributed by atoms with van der Waals surface area (Å²) in [6.07, 6.45) is 19.5. The van der Waals surface area contributed by atoms with Crippen molar-refractivity contribution in [1.82, 2.24) is 0 Å². The third-order valence-corrected chi connectivity index (χ3v) is 4.47. The number of allylic oxidation sites excluding steroid dienone is 8. The molecule has 0 spiro atoms. The molecular weight excluding hydrogens is 373 g/mol. The number of hydrogen-bond donors (Lipinski definition) is 0.